The summed E-state index contributed by atoms with van der Waals surface area (Å²) in [7, 11) is 7.63. The van der Waals surface area contributed by atoms with E-state index in [0.717, 1.165) is 41.1 Å². The van der Waals surface area contributed by atoms with Gasteiger partial charge in [0.25, 0.3) is 0 Å². The van der Waals surface area contributed by atoms with Crippen molar-refractivity contribution in [3.05, 3.63) is 72.9 Å². The number of carbonyl (C=O) groups is 1. The largest absolute Gasteiger partial charge is 0.494 e. The molecule has 2 aromatic carbocycles. The molecule has 2 heterocycles. The zero-order valence-corrected chi connectivity index (χ0v) is 21.9. The summed E-state index contributed by atoms with van der Waals surface area (Å²) < 4.78 is 7.60. The summed E-state index contributed by atoms with van der Waals surface area (Å²) in [4.78, 5) is 20.9. The lowest BCUT2D eigenvalue weighted by Gasteiger charge is -2.25. The molecular formula is C28H33N7O2. The molecule has 4 rings (SSSR count). The molecule has 0 saturated heterocycles. The highest BCUT2D eigenvalue weighted by atomic mass is 16.5. The molecule has 9 nitrogen and oxygen atoms in total. The van der Waals surface area contributed by atoms with Crippen LogP contribution < -0.4 is 20.3 Å². The molecule has 0 atom stereocenters. The number of fused-ring (bicyclic) bond motifs is 1. The van der Waals surface area contributed by atoms with Crippen LogP contribution in [0.1, 0.15) is 5.56 Å². The van der Waals surface area contributed by atoms with Crippen LogP contribution in [0.15, 0.2) is 67.4 Å². The van der Waals surface area contributed by atoms with Gasteiger partial charge in [-0.25, -0.2) is 9.50 Å². The Balaban J connectivity index is 1.74. The van der Waals surface area contributed by atoms with Gasteiger partial charge in [-0.15, -0.1) is 5.10 Å². The van der Waals surface area contributed by atoms with Crippen LogP contribution in [-0.4, -0.2) is 66.7 Å². The molecule has 37 heavy (non-hydrogen) atoms. The molecule has 0 spiro atoms. The van der Waals surface area contributed by atoms with E-state index in [-0.39, 0.29) is 5.91 Å². The molecule has 192 valence electrons. The lowest BCUT2D eigenvalue weighted by Crippen LogP contribution is -2.29. The molecule has 0 aliphatic carbocycles. The molecule has 0 fully saturated rings. The third kappa shape index (κ3) is 5.73. The van der Waals surface area contributed by atoms with Crippen molar-refractivity contribution in [2.24, 2.45) is 0 Å². The second-order valence-electron chi connectivity index (χ2n) is 9.07. The first-order valence-electron chi connectivity index (χ1n) is 12.0. The molecule has 0 saturated carbocycles. The normalized spacial score (nSPS) is 11.0. The van der Waals surface area contributed by atoms with Gasteiger partial charge in [-0.05, 0) is 44.8 Å². The summed E-state index contributed by atoms with van der Waals surface area (Å²) in [5, 5.41) is 11.0. The van der Waals surface area contributed by atoms with Crippen molar-refractivity contribution in [3.8, 4) is 17.0 Å². The topological polar surface area (TPSA) is 87.0 Å². The number of ether oxygens (including phenoxy) is 1. The Hall–Kier alpha value is -4.37. The van der Waals surface area contributed by atoms with Crippen LogP contribution in [0.2, 0.25) is 0 Å². The van der Waals surface area contributed by atoms with Crippen molar-refractivity contribution in [2.45, 2.75) is 6.92 Å². The Kier molecular flexibility index (Phi) is 7.74. The summed E-state index contributed by atoms with van der Waals surface area (Å²) in [5.41, 5.74) is 6.11. The molecule has 0 radical (unpaired) electrons. The number of hydrogen-bond donors (Lipinski definition) is 2. The second-order valence-corrected chi connectivity index (χ2v) is 9.07. The van der Waals surface area contributed by atoms with Crippen LogP contribution in [0.5, 0.6) is 5.75 Å². The Labute approximate surface area is 217 Å². The minimum absolute atomic E-state index is 0.300. The first-order chi connectivity index (χ1) is 17.8. The fraction of sp³-hybridized carbons (Fsp3) is 0.250. The summed E-state index contributed by atoms with van der Waals surface area (Å²) in [6.45, 7) is 7.23. The summed E-state index contributed by atoms with van der Waals surface area (Å²) >= 11 is 0. The lowest BCUT2D eigenvalue weighted by molar-refractivity contribution is -0.111. The molecule has 9 heteroatoms. The predicted octanol–water partition coefficient (Wildman–Crippen LogP) is 4.58. The first-order valence-corrected chi connectivity index (χ1v) is 12.0. The molecule has 2 aromatic heterocycles. The highest BCUT2D eigenvalue weighted by Gasteiger charge is 2.17. The van der Waals surface area contributed by atoms with Gasteiger partial charge in [0.2, 0.25) is 11.9 Å². The van der Waals surface area contributed by atoms with E-state index in [1.807, 2.05) is 62.9 Å². The standard InChI is InChI=1S/C28H33N7O2/c1-7-27(36)30-21-16-22(26(37-6)17-24(21)34(5)14-13-33(3)4)31-28-29-18-25-19(2)15-23(35(25)32-28)20-11-9-8-10-12-20/h7-12,15-18H,1,13-14H2,2-6H3,(H,30,36)(H,31,32). The molecule has 2 N–H and O–H groups in total. The number of aryl methyl sites for hydroxylation is 1. The van der Waals surface area contributed by atoms with Gasteiger partial charge in [0, 0.05) is 31.8 Å². The first kappa shape index (κ1) is 25.7. The van der Waals surface area contributed by atoms with E-state index < -0.39 is 0 Å². The van der Waals surface area contributed by atoms with Crippen LogP contribution in [0.3, 0.4) is 0 Å². The van der Waals surface area contributed by atoms with Crippen molar-refractivity contribution in [3.63, 3.8) is 0 Å². The van der Waals surface area contributed by atoms with Gasteiger partial charge < -0.3 is 25.2 Å². The number of carbonyl (C=O) groups excluding carboxylic acids is 1. The lowest BCUT2D eigenvalue weighted by atomic mass is 10.1. The van der Waals surface area contributed by atoms with E-state index in [1.54, 1.807) is 13.3 Å². The summed E-state index contributed by atoms with van der Waals surface area (Å²) in [5.74, 6) is 0.693. The third-order valence-electron chi connectivity index (χ3n) is 6.09. The Morgan fingerprint density at radius 3 is 2.54 bits per heavy atom. The van der Waals surface area contributed by atoms with Crippen molar-refractivity contribution in [1.82, 2.24) is 19.5 Å². The fourth-order valence-corrected chi connectivity index (χ4v) is 4.04. The Morgan fingerprint density at radius 1 is 1.11 bits per heavy atom. The number of hydrogen-bond acceptors (Lipinski definition) is 7. The summed E-state index contributed by atoms with van der Waals surface area (Å²) in [6, 6.07) is 15.9. The van der Waals surface area contributed by atoms with Gasteiger partial charge in [0.1, 0.15) is 5.75 Å². The average Bonchev–Trinajstić information content (AvgIpc) is 3.23. The fourth-order valence-electron chi connectivity index (χ4n) is 4.04. The minimum Gasteiger partial charge on any atom is -0.494 e. The van der Waals surface area contributed by atoms with E-state index >= 15 is 0 Å². The number of amides is 1. The van der Waals surface area contributed by atoms with Crippen LogP contribution in [-0.2, 0) is 4.79 Å². The number of nitrogens with one attached hydrogen (secondary N) is 2. The van der Waals surface area contributed by atoms with Crippen molar-refractivity contribution < 1.29 is 9.53 Å². The third-order valence-corrected chi connectivity index (χ3v) is 6.09. The van der Waals surface area contributed by atoms with Crippen LogP contribution in [0.25, 0.3) is 16.8 Å². The van der Waals surface area contributed by atoms with Gasteiger partial charge in [0.15, 0.2) is 0 Å². The number of methoxy groups -OCH3 is 1. The SMILES string of the molecule is C=CC(=O)Nc1cc(Nc2ncc3c(C)cc(-c4ccccc4)n3n2)c(OC)cc1N(C)CCN(C)C. The molecule has 0 bridgehead atoms. The summed E-state index contributed by atoms with van der Waals surface area (Å²) in [6.07, 6.45) is 3.05. The van der Waals surface area contributed by atoms with Crippen LogP contribution in [0, 0.1) is 6.92 Å². The van der Waals surface area contributed by atoms with E-state index in [9.17, 15) is 4.79 Å². The Bertz CT molecular complexity index is 1410. The number of likely N-dealkylation sites (N-methyl/N-ethyl adjacent to an activating group) is 2. The number of rotatable bonds is 10. The van der Waals surface area contributed by atoms with Gasteiger partial charge in [-0.1, -0.05) is 36.9 Å². The maximum atomic E-state index is 12.2. The molecule has 0 unspecified atom stereocenters. The van der Waals surface area contributed by atoms with Gasteiger partial charge in [-0.3, -0.25) is 4.79 Å². The van der Waals surface area contributed by atoms with Gasteiger partial charge >= 0.3 is 0 Å². The highest BCUT2D eigenvalue weighted by molar-refractivity contribution is 6.02. The highest BCUT2D eigenvalue weighted by Crippen LogP contribution is 2.38. The van der Waals surface area contributed by atoms with E-state index in [2.05, 4.69) is 50.2 Å². The second kappa shape index (κ2) is 11.1. The molecule has 0 aliphatic rings. The van der Waals surface area contributed by atoms with Crippen molar-refractivity contribution in [1.29, 1.82) is 0 Å². The zero-order chi connectivity index (χ0) is 26.5. The number of anilines is 4. The zero-order valence-electron chi connectivity index (χ0n) is 21.9. The minimum atomic E-state index is -0.300. The van der Waals surface area contributed by atoms with E-state index in [0.29, 0.717) is 23.1 Å². The smallest absolute Gasteiger partial charge is 0.247 e. The average molecular weight is 500 g/mol. The molecular weight excluding hydrogens is 466 g/mol. The number of aromatic nitrogens is 3. The molecule has 4 aromatic rings. The van der Waals surface area contributed by atoms with Crippen molar-refractivity contribution >= 4 is 34.4 Å². The predicted molar refractivity (Wildman–Crippen MR) is 150 cm³/mol. The Morgan fingerprint density at radius 2 is 1.86 bits per heavy atom. The van der Waals surface area contributed by atoms with E-state index in [1.165, 1.54) is 6.08 Å². The van der Waals surface area contributed by atoms with Gasteiger partial charge in [0.05, 0.1) is 41.6 Å². The van der Waals surface area contributed by atoms with Crippen LogP contribution >= 0.6 is 0 Å². The van der Waals surface area contributed by atoms with Gasteiger partial charge in [-0.2, -0.15) is 0 Å². The van der Waals surface area contributed by atoms with E-state index in [4.69, 9.17) is 9.84 Å². The van der Waals surface area contributed by atoms with Crippen molar-refractivity contribution in [2.75, 3.05) is 56.9 Å². The number of benzene rings is 2. The molecule has 0 aliphatic heterocycles. The quantitative estimate of drug-likeness (QED) is 0.309. The molecule has 1 amide bonds. The number of nitrogens with zero attached hydrogens (tertiary/aromatic N) is 5. The maximum Gasteiger partial charge on any atom is 0.247 e. The van der Waals surface area contributed by atoms with Crippen LogP contribution in [0.4, 0.5) is 23.0 Å². The monoisotopic (exact) mass is 499 g/mol. The maximum absolute atomic E-state index is 12.2.